The van der Waals surface area contributed by atoms with E-state index in [1.165, 1.54) is 31.2 Å². The lowest BCUT2D eigenvalue weighted by Gasteiger charge is -2.25. The van der Waals surface area contributed by atoms with Gasteiger partial charge in [-0.1, -0.05) is 56.0 Å². The number of hydrogen-bond donors (Lipinski definition) is 1. The second-order valence-corrected chi connectivity index (χ2v) is 6.73. The molecule has 0 aliphatic heterocycles. The summed E-state index contributed by atoms with van der Waals surface area (Å²) >= 11 is 1.75. The van der Waals surface area contributed by atoms with Crippen LogP contribution in [0.2, 0.25) is 0 Å². The van der Waals surface area contributed by atoms with E-state index in [4.69, 9.17) is 10.7 Å². The molecule has 3 heteroatoms. The van der Waals surface area contributed by atoms with Gasteiger partial charge in [-0.2, -0.15) is 0 Å². The molecule has 20 heavy (non-hydrogen) atoms. The predicted octanol–water partition coefficient (Wildman–Crippen LogP) is 4.24. The van der Waals surface area contributed by atoms with Crippen molar-refractivity contribution < 1.29 is 0 Å². The average Bonchev–Trinajstić information content (AvgIpc) is 2.82. The average molecular weight is 286 g/mol. The van der Waals surface area contributed by atoms with Gasteiger partial charge in [0.15, 0.2) is 0 Å². The highest BCUT2D eigenvalue weighted by atomic mass is 32.1. The van der Waals surface area contributed by atoms with Crippen molar-refractivity contribution in [1.82, 2.24) is 4.98 Å². The Morgan fingerprint density at radius 3 is 2.45 bits per heavy atom. The fourth-order valence-electron chi connectivity index (χ4n) is 3.00. The molecule has 1 saturated carbocycles. The number of aromatic nitrogens is 1. The molecule has 0 amide bonds. The van der Waals surface area contributed by atoms with E-state index in [1.54, 1.807) is 11.3 Å². The number of nitrogens with two attached hydrogens (primary N) is 1. The highest BCUT2D eigenvalue weighted by Gasteiger charge is 2.31. The van der Waals surface area contributed by atoms with Crippen LogP contribution in [0, 0.1) is 0 Å². The van der Waals surface area contributed by atoms with Crippen molar-refractivity contribution in [3.63, 3.8) is 0 Å². The fraction of sp³-hybridized carbons (Fsp3) is 0.471. The Hall–Kier alpha value is -1.19. The quantitative estimate of drug-likeness (QED) is 0.857. The summed E-state index contributed by atoms with van der Waals surface area (Å²) in [5.41, 5.74) is 8.94. The molecule has 1 fully saturated rings. The molecule has 1 heterocycles. The Labute approximate surface area is 125 Å². The van der Waals surface area contributed by atoms with E-state index < -0.39 is 0 Å². The molecular formula is C17H22N2S. The molecule has 2 N–H and O–H groups in total. The smallest absolute Gasteiger partial charge is 0.113 e. The van der Waals surface area contributed by atoms with Crippen molar-refractivity contribution in [2.75, 3.05) is 0 Å². The summed E-state index contributed by atoms with van der Waals surface area (Å²) in [6, 6.07) is 10.5. The van der Waals surface area contributed by atoms with Crippen molar-refractivity contribution in [3.8, 4) is 0 Å². The minimum Gasteiger partial charge on any atom is -0.319 e. The monoisotopic (exact) mass is 286 g/mol. The standard InChI is InChI=1S/C17H22N2S/c18-17(10-6-1-2-7-11-17)16-19-15(13-20-16)12-14-8-4-3-5-9-14/h3-5,8-9,13H,1-2,6-7,10-12,18H2. The van der Waals surface area contributed by atoms with Crippen molar-refractivity contribution in [2.45, 2.75) is 50.5 Å². The third kappa shape index (κ3) is 3.10. The molecule has 0 unspecified atom stereocenters. The van der Waals surface area contributed by atoms with Crippen LogP contribution in [-0.2, 0) is 12.0 Å². The van der Waals surface area contributed by atoms with Crippen LogP contribution >= 0.6 is 11.3 Å². The van der Waals surface area contributed by atoms with Gasteiger partial charge in [0.2, 0.25) is 0 Å². The second-order valence-electron chi connectivity index (χ2n) is 5.88. The zero-order valence-electron chi connectivity index (χ0n) is 11.8. The van der Waals surface area contributed by atoms with Gasteiger partial charge in [-0.05, 0) is 18.4 Å². The van der Waals surface area contributed by atoms with E-state index in [0.717, 1.165) is 30.0 Å². The zero-order valence-corrected chi connectivity index (χ0v) is 12.7. The Morgan fingerprint density at radius 2 is 1.75 bits per heavy atom. The minimum absolute atomic E-state index is 0.171. The van der Waals surface area contributed by atoms with Crippen LogP contribution in [0.25, 0.3) is 0 Å². The summed E-state index contributed by atoms with van der Waals surface area (Å²) in [6.07, 6.45) is 8.21. The number of thiazole rings is 1. The molecule has 0 saturated heterocycles. The van der Waals surface area contributed by atoms with Gasteiger partial charge < -0.3 is 5.73 Å². The first-order chi connectivity index (χ1) is 9.76. The molecule has 0 radical (unpaired) electrons. The highest BCUT2D eigenvalue weighted by molar-refractivity contribution is 7.09. The molecular weight excluding hydrogens is 264 g/mol. The van der Waals surface area contributed by atoms with Crippen molar-refractivity contribution >= 4 is 11.3 Å². The maximum Gasteiger partial charge on any atom is 0.113 e. The second kappa shape index (κ2) is 6.06. The largest absolute Gasteiger partial charge is 0.319 e. The maximum absolute atomic E-state index is 6.64. The lowest BCUT2D eigenvalue weighted by atomic mass is 9.92. The van der Waals surface area contributed by atoms with Gasteiger partial charge in [0.05, 0.1) is 11.2 Å². The Kier molecular flexibility index (Phi) is 4.18. The molecule has 0 bridgehead atoms. The third-order valence-corrected chi connectivity index (χ3v) is 5.31. The summed E-state index contributed by atoms with van der Waals surface area (Å²) in [4.78, 5) is 4.84. The van der Waals surface area contributed by atoms with Crippen LogP contribution < -0.4 is 5.73 Å². The first-order valence-electron chi connectivity index (χ1n) is 7.54. The van der Waals surface area contributed by atoms with Gasteiger partial charge in [0.25, 0.3) is 0 Å². The minimum atomic E-state index is -0.171. The first-order valence-corrected chi connectivity index (χ1v) is 8.42. The molecule has 2 nitrogen and oxygen atoms in total. The van der Waals surface area contributed by atoms with Crippen LogP contribution in [0.15, 0.2) is 35.7 Å². The van der Waals surface area contributed by atoms with Crippen LogP contribution in [-0.4, -0.2) is 4.98 Å². The van der Waals surface area contributed by atoms with E-state index in [2.05, 4.69) is 35.7 Å². The maximum atomic E-state index is 6.64. The summed E-state index contributed by atoms with van der Waals surface area (Å²) < 4.78 is 0. The van der Waals surface area contributed by atoms with Gasteiger partial charge in [-0.3, -0.25) is 0 Å². The number of hydrogen-bond acceptors (Lipinski definition) is 3. The van der Waals surface area contributed by atoms with Crippen LogP contribution in [0.1, 0.15) is 54.8 Å². The SMILES string of the molecule is NC1(c2nc(Cc3ccccc3)cs2)CCCCCC1. The molecule has 2 aromatic rings. The molecule has 1 aliphatic rings. The number of benzene rings is 1. The molecule has 1 aliphatic carbocycles. The molecule has 1 aromatic carbocycles. The van der Waals surface area contributed by atoms with Crippen LogP contribution in [0.3, 0.4) is 0 Å². The lowest BCUT2D eigenvalue weighted by molar-refractivity contribution is 0.383. The summed E-state index contributed by atoms with van der Waals surface area (Å²) in [5.74, 6) is 0. The Bertz CT molecular complexity index is 539. The van der Waals surface area contributed by atoms with E-state index in [-0.39, 0.29) is 5.54 Å². The van der Waals surface area contributed by atoms with Crippen LogP contribution in [0.5, 0.6) is 0 Å². The van der Waals surface area contributed by atoms with E-state index in [0.29, 0.717) is 0 Å². The van der Waals surface area contributed by atoms with Gasteiger partial charge in [0.1, 0.15) is 5.01 Å². The van der Waals surface area contributed by atoms with Gasteiger partial charge >= 0.3 is 0 Å². The zero-order chi connectivity index (χ0) is 13.8. The van der Waals surface area contributed by atoms with Crippen LogP contribution in [0.4, 0.5) is 0 Å². The van der Waals surface area contributed by atoms with Gasteiger partial charge in [-0.25, -0.2) is 4.98 Å². The topological polar surface area (TPSA) is 38.9 Å². The summed E-state index contributed by atoms with van der Waals surface area (Å²) in [7, 11) is 0. The highest BCUT2D eigenvalue weighted by Crippen LogP contribution is 2.35. The van der Waals surface area contributed by atoms with Gasteiger partial charge in [-0.15, -0.1) is 11.3 Å². The molecule has 3 rings (SSSR count). The molecule has 0 atom stereocenters. The lowest BCUT2D eigenvalue weighted by Crippen LogP contribution is -2.35. The van der Waals surface area contributed by atoms with E-state index >= 15 is 0 Å². The summed E-state index contributed by atoms with van der Waals surface area (Å²) in [6.45, 7) is 0. The molecule has 1 aromatic heterocycles. The Balaban J connectivity index is 1.76. The predicted molar refractivity (Wildman–Crippen MR) is 84.9 cm³/mol. The first kappa shape index (κ1) is 13.8. The molecule has 0 spiro atoms. The Morgan fingerprint density at radius 1 is 1.05 bits per heavy atom. The number of rotatable bonds is 3. The molecule has 106 valence electrons. The van der Waals surface area contributed by atoms with Crippen molar-refractivity contribution in [1.29, 1.82) is 0 Å². The van der Waals surface area contributed by atoms with Gasteiger partial charge in [0, 0.05) is 11.8 Å². The van der Waals surface area contributed by atoms with E-state index in [9.17, 15) is 0 Å². The van der Waals surface area contributed by atoms with Crippen molar-refractivity contribution in [3.05, 3.63) is 52.0 Å². The third-order valence-electron chi connectivity index (χ3n) is 4.20. The van der Waals surface area contributed by atoms with E-state index in [1.807, 2.05) is 0 Å². The van der Waals surface area contributed by atoms with Crippen molar-refractivity contribution in [2.24, 2.45) is 5.73 Å². The fourth-order valence-corrected chi connectivity index (χ4v) is 3.99. The number of nitrogens with zero attached hydrogens (tertiary/aromatic N) is 1. The summed E-state index contributed by atoms with van der Waals surface area (Å²) in [5, 5.41) is 3.33. The normalized spacial score (nSPS) is 18.6.